The summed E-state index contributed by atoms with van der Waals surface area (Å²) < 4.78 is 64.5. The van der Waals surface area contributed by atoms with Gasteiger partial charge >= 0.3 is 0 Å². The zero-order valence-corrected chi connectivity index (χ0v) is 25.8. The fourth-order valence-corrected chi connectivity index (χ4v) is 6.11. The molecule has 1 heterocycles. The summed E-state index contributed by atoms with van der Waals surface area (Å²) in [4.78, 5) is 19.1. The smallest absolute Gasteiger partial charge is 0.276 e. The molecular formula is C31H31ClF4N6OS. The minimum Gasteiger partial charge on any atom is -0.386 e. The van der Waals surface area contributed by atoms with E-state index < -0.39 is 35.1 Å². The van der Waals surface area contributed by atoms with Gasteiger partial charge in [0.05, 0.1) is 38.9 Å². The third kappa shape index (κ3) is 5.90. The van der Waals surface area contributed by atoms with Crippen molar-refractivity contribution >= 4 is 46.0 Å². The number of amidine groups is 1. The normalized spacial score (nSPS) is 15.0. The van der Waals surface area contributed by atoms with Crippen molar-refractivity contribution in [3.8, 4) is 5.69 Å². The molecule has 3 aromatic carbocycles. The maximum Gasteiger partial charge on any atom is 0.276 e. The molecule has 1 aliphatic rings. The molecule has 13 heteroatoms. The molecule has 1 aliphatic carbocycles. The summed E-state index contributed by atoms with van der Waals surface area (Å²) in [5, 5.41) is 6.53. The molecule has 0 spiro atoms. The second-order valence-electron chi connectivity index (χ2n) is 10.6. The van der Waals surface area contributed by atoms with E-state index in [4.69, 9.17) is 22.3 Å². The number of nitrogens with one attached hydrogen (secondary N) is 2. The Hall–Kier alpha value is -3.61. The highest BCUT2D eigenvalue weighted by Gasteiger charge is 2.44. The predicted molar refractivity (Wildman–Crippen MR) is 169 cm³/mol. The largest absolute Gasteiger partial charge is 0.386 e. The van der Waals surface area contributed by atoms with Crippen molar-refractivity contribution in [2.75, 3.05) is 25.7 Å². The lowest BCUT2D eigenvalue weighted by atomic mass is 9.78. The van der Waals surface area contributed by atoms with E-state index in [0.717, 1.165) is 24.4 Å². The van der Waals surface area contributed by atoms with Crippen LogP contribution in [0.15, 0.2) is 57.7 Å². The monoisotopic (exact) mass is 646 g/mol. The van der Waals surface area contributed by atoms with E-state index >= 15 is 8.78 Å². The van der Waals surface area contributed by atoms with E-state index in [9.17, 15) is 13.6 Å². The van der Waals surface area contributed by atoms with Gasteiger partial charge in [-0.05, 0) is 80.2 Å². The Labute approximate surface area is 261 Å². The van der Waals surface area contributed by atoms with Gasteiger partial charge in [0.25, 0.3) is 11.5 Å². The Bertz CT molecular complexity index is 1790. The standard InChI is InChI=1S/C31H31ClF4N6OS/c1-38-24(13-16-11-19(33)15-20(34)12-16)29-40-23-14-18(31(35,36)17-5-4-6-17)7-8-21(23)30(43)42(29)25-10-9-22(32)26(27(25)39-2)28(37)41-44-3/h7-12,14-15,17,24,38-39H,4-6,13H2,1-3H3,(H2,37,41). The average molecular weight is 647 g/mol. The minimum atomic E-state index is -3.08. The van der Waals surface area contributed by atoms with Gasteiger partial charge in [-0.1, -0.05) is 24.1 Å². The highest BCUT2D eigenvalue weighted by Crippen LogP contribution is 2.47. The van der Waals surface area contributed by atoms with E-state index in [2.05, 4.69) is 15.0 Å². The molecule has 44 heavy (non-hydrogen) atoms. The maximum absolute atomic E-state index is 15.3. The second kappa shape index (κ2) is 12.8. The number of aromatic nitrogens is 2. The summed E-state index contributed by atoms with van der Waals surface area (Å²) in [6, 6.07) is 9.42. The summed E-state index contributed by atoms with van der Waals surface area (Å²) in [5.41, 5.74) is 6.91. The average Bonchev–Trinajstić information content (AvgIpc) is 2.94. The topological polar surface area (TPSA) is 97.3 Å². The molecule has 1 unspecified atom stereocenters. The van der Waals surface area contributed by atoms with E-state index in [0.29, 0.717) is 35.3 Å². The minimum absolute atomic E-state index is 0.0203. The third-order valence-corrected chi connectivity index (χ3v) is 8.68. The van der Waals surface area contributed by atoms with Crippen molar-refractivity contribution in [2.45, 2.75) is 37.6 Å². The lowest BCUT2D eigenvalue weighted by Crippen LogP contribution is -2.33. The molecule has 4 aromatic rings. The van der Waals surface area contributed by atoms with Gasteiger partial charge in [0.2, 0.25) is 0 Å². The maximum atomic E-state index is 15.3. The molecule has 0 radical (unpaired) electrons. The lowest BCUT2D eigenvalue weighted by Gasteiger charge is -2.33. The van der Waals surface area contributed by atoms with E-state index in [-0.39, 0.29) is 39.6 Å². The van der Waals surface area contributed by atoms with Crippen molar-refractivity contribution in [3.63, 3.8) is 0 Å². The molecule has 0 aliphatic heterocycles. The molecular weight excluding hydrogens is 616 g/mol. The molecule has 1 aromatic heterocycles. The lowest BCUT2D eigenvalue weighted by molar-refractivity contribution is -0.0942. The quantitative estimate of drug-likeness (QED) is 0.0765. The Balaban J connectivity index is 1.79. The molecule has 5 rings (SSSR count). The molecule has 1 atom stereocenters. The Kier molecular flexibility index (Phi) is 9.24. The van der Waals surface area contributed by atoms with Crippen LogP contribution in [0.25, 0.3) is 16.6 Å². The van der Waals surface area contributed by atoms with Crippen LogP contribution < -0.4 is 21.9 Å². The van der Waals surface area contributed by atoms with Gasteiger partial charge in [-0.15, -0.1) is 0 Å². The molecule has 7 nitrogen and oxygen atoms in total. The predicted octanol–water partition coefficient (Wildman–Crippen LogP) is 6.74. The van der Waals surface area contributed by atoms with Crippen molar-refractivity contribution in [1.29, 1.82) is 0 Å². The first-order valence-corrected chi connectivity index (χ1v) is 15.5. The molecule has 0 bridgehead atoms. The number of hydrogen-bond donors (Lipinski definition) is 3. The van der Waals surface area contributed by atoms with Gasteiger partial charge in [-0.3, -0.25) is 9.36 Å². The number of alkyl halides is 2. The Morgan fingerprint density at radius 2 is 1.86 bits per heavy atom. The van der Waals surface area contributed by atoms with Crippen LogP contribution in [0.5, 0.6) is 0 Å². The zero-order valence-electron chi connectivity index (χ0n) is 24.2. The fraction of sp³-hybridized carbons (Fsp3) is 0.323. The second-order valence-corrected chi connectivity index (χ2v) is 11.6. The van der Waals surface area contributed by atoms with Crippen LogP contribution in [-0.4, -0.2) is 35.7 Å². The Morgan fingerprint density at radius 3 is 2.45 bits per heavy atom. The summed E-state index contributed by atoms with van der Waals surface area (Å²) in [6.45, 7) is 0. The highest BCUT2D eigenvalue weighted by atomic mass is 35.5. The van der Waals surface area contributed by atoms with E-state index in [1.807, 2.05) is 0 Å². The zero-order chi connectivity index (χ0) is 31.8. The van der Waals surface area contributed by atoms with Crippen LogP contribution in [-0.2, 0) is 12.3 Å². The summed E-state index contributed by atoms with van der Waals surface area (Å²) in [5.74, 6) is -5.13. The van der Waals surface area contributed by atoms with Crippen molar-refractivity contribution in [3.05, 3.63) is 98.1 Å². The van der Waals surface area contributed by atoms with Gasteiger partial charge in [0.1, 0.15) is 23.3 Å². The summed E-state index contributed by atoms with van der Waals surface area (Å²) >= 11 is 7.66. The fourth-order valence-electron chi connectivity index (χ4n) is 5.57. The van der Waals surface area contributed by atoms with Gasteiger partial charge in [-0.2, -0.15) is 4.40 Å². The van der Waals surface area contributed by atoms with E-state index in [1.54, 1.807) is 32.5 Å². The summed E-state index contributed by atoms with van der Waals surface area (Å²) in [6.07, 6.45) is 3.34. The van der Waals surface area contributed by atoms with Crippen LogP contribution >= 0.6 is 23.5 Å². The first kappa shape index (κ1) is 31.8. The van der Waals surface area contributed by atoms with Crippen LogP contribution in [0.4, 0.5) is 23.2 Å². The summed E-state index contributed by atoms with van der Waals surface area (Å²) in [7, 11) is 3.24. The van der Waals surface area contributed by atoms with Crippen molar-refractivity contribution in [1.82, 2.24) is 14.9 Å². The van der Waals surface area contributed by atoms with E-state index in [1.165, 1.54) is 34.9 Å². The highest BCUT2D eigenvalue weighted by molar-refractivity contribution is 7.97. The SMILES string of the molecule is CNc1c(-n2c(C(Cc3cc(F)cc(F)c3)NC)nc3cc(C(F)(F)C4CCC4)ccc3c2=O)ccc(Cl)c1C(N)=NSC. The number of benzene rings is 3. The molecule has 1 fully saturated rings. The number of fused-ring (bicyclic) bond motifs is 1. The van der Waals surface area contributed by atoms with Crippen LogP contribution in [0.2, 0.25) is 5.02 Å². The molecule has 0 amide bonds. The number of hydrogen-bond acceptors (Lipinski definition) is 6. The van der Waals surface area contributed by atoms with Gasteiger partial charge in [-0.25, -0.2) is 22.5 Å². The number of anilines is 1. The van der Waals surface area contributed by atoms with Crippen LogP contribution in [0.1, 0.15) is 47.8 Å². The first-order chi connectivity index (χ1) is 21.0. The van der Waals surface area contributed by atoms with Crippen LogP contribution in [0.3, 0.4) is 0 Å². The van der Waals surface area contributed by atoms with Gasteiger partial charge < -0.3 is 16.4 Å². The molecule has 232 valence electrons. The van der Waals surface area contributed by atoms with Gasteiger partial charge in [0.15, 0.2) is 0 Å². The third-order valence-electron chi connectivity index (χ3n) is 7.99. The first-order valence-electron chi connectivity index (χ1n) is 13.9. The molecule has 1 saturated carbocycles. The number of nitrogens with zero attached hydrogens (tertiary/aromatic N) is 3. The number of nitrogens with two attached hydrogens (primary N) is 1. The number of likely N-dealkylation sites (N-methyl/N-ethyl adjacent to an activating group) is 1. The Morgan fingerprint density at radius 1 is 1.16 bits per heavy atom. The van der Waals surface area contributed by atoms with Crippen molar-refractivity contribution in [2.24, 2.45) is 16.0 Å². The van der Waals surface area contributed by atoms with Crippen LogP contribution in [0, 0.1) is 17.6 Å². The molecule has 0 saturated heterocycles. The molecule has 4 N–H and O–H groups in total. The van der Waals surface area contributed by atoms with Crippen molar-refractivity contribution < 1.29 is 17.6 Å². The number of rotatable bonds is 10. The van der Waals surface area contributed by atoms with Gasteiger partial charge in [0, 0.05) is 30.9 Å². The number of halogens is 5.